The van der Waals surface area contributed by atoms with Crippen molar-refractivity contribution in [3.8, 4) is 6.07 Å². The van der Waals surface area contributed by atoms with E-state index in [-0.39, 0.29) is 11.5 Å². The Hall–Kier alpha value is -1.28. The SMILES string of the molecule is CC1=C(C#N)C(=O)N2CCN=C2S1. The summed E-state index contributed by atoms with van der Waals surface area (Å²) in [5, 5.41) is 9.48. The summed E-state index contributed by atoms with van der Waals surface area (Å²) >= 11 is 1.41. The van der Waals surface area contributed by atoms with E-state index in [2.05, 4.69) is 4.99 Å². The van der Waals surface area contributed by atoms with Crippen LogP contribution >= 0.6 is 11.8 Å². The van der Waals surface area contributed by atoms with E-state index in [0.717, 1.165) is 10.1 Å². The van der Waals surface area contributed by atoms with Crippen molar-refractivity contribution in [3.63, 3.8) is 0 Å². The highest BCUT2D eigenvalue weighted by Gasteiger charge is 2.33. The first-order valence-corrected chi connectivity index (χ1v) is 4.71. The van der Waals surface area contributed by atoms with Crippen molar-refractivity contribution in [2.24, 2.45) is 4.99 Å². The Morgan fingerprint density at radius 2 is 2.46 bits per heavy atom. The van der Waals surface area contributed by atoms with Gasteiger partial charge in [-0.25, -0.2) is 0 Å². The number of allylic oxidation sites excluding steroid dienone is 1. The number of hydrogen-bond donors (Lipinski definition) is 0. The minimum Gasteiger partial charge on any atom is -0.285 e. The summed E-state index contributed by atoms with van der Waals surface area (Å²) in [5.74, 6) is -0.199. The number of carbonyl (C=O) groups excluding carboxylic acids is 1. The second-order valence-corrected chi connectivity index (χ2v) is 3.95. The van der Waals surface area contributed by atoms with E-state index in [4.69, 9.17) is 5.26 Å². The molecule has 0 N–H and O–H groups in total. The van der Waals surface area contributed by atoms with Gasteiger partial charge in [-0.2, -0.15) is 5.26 Å². The smallest absolute Gasteiger partial charge is 0.271 e. The van der Waals surface area contributed by atoms with Crippen molar-refractivity contribution in [3.05, 3.63) is 10.5 Å². The van der Waals surface area contributed by atoms with E-state index in [0.29, 0.717) is 13.1 Å². The molecule has 0 radical (unpaired) electrons. The predicted molar refractivity (Wildman–Crippen MR) is 49.9 cm³/mol. The Labute approximate surface area is 79.9 Å². The molecule has 0 aromatic carbocycles. The minimum atomic E-state index is -0.199. The van der Waals surface area contributed by atoms with E-state index in [1.54, 1.807) is 11.8 Å². The van der Waals surface area contributed by atoms with E-state index in [1.165, 1.54) is 11.8 Å². The molecule has 0 spiro atoms. The number of nitriles is 1. The van der Waals surface area contributed by atoms with Gasteiger partial charge in [0.1, 0.15) is 11.6 Å². The van der Waals surface area contributed by atoms with Crippen LogP contribution in [0.4, 0.5) is 0 Å². The van der Waals surface area contributed by atoms with Gasteiger partial charge in [0.25, 0.3) is 5.91 Å². The van der Waals surface area contributed by atoms with Crippen molar-refractivity contribution < 1.29 is 4.79 Å². The molecule has 2 aliphatic rings. The van der Waals surface area contributed by atoms with Crippen LogP contribution in [-0.4, -0.2) is 29.1 Å². The van der Waals surface area contributed by atoms with Crippen molar-refractivity contribution >= 4 is 22.8 Å². The van der Waals surface area contributed by atoms with Crippen LogP contribution in [0.25, 0.3) is 0 Å². The third-order valence-corrected chi connectivity index (χ3v) is 3.01. The third-order valence-electron chi connectivity index (χ3n) is 1.97. The molecule has 0 fully saturated rings. The molecule has 2 rings (SSSR count). The zero-order chi connectivity index (χ0) is 9.42. The van der Waals surface area contributed by atoms with Gasteiger partial charge in [0.2, 0.25) is 0 Å². The lowest BCUT2D eigenvalue weighted by molar-refractivity contribution is -0.122. The Bertz CT molecular complexity index is 377. The van der Waals surface area contributed by atoms with Gasteiger partial charge in [-0.05, 0) is 6.92 Å². The molecule has 0 unspecified atom stereocenters. The van der Waals surface area contributed by atoms with E-state index >= 15 is 0 Å². The van der Waals surface area contributed by atoms with Crippen molar-refractivity contribution in [1.82, 2.24) is 4.90 Å². The normalized spacial score (nSPS) is 21.4. The number of rotatable bonds is 0. The molecule has 0 atom stereocenters. The quantitative estimate of drug-likeness (QED) is 0.570. The molecule has 2 heterocycles. The van der Waals surface area contributed by atoms with Gasteiger partial charge in [0, 0.05) is 11.4 Å². The molecule has 0 aliphatic carbocycles. The molecule has 0 aromatic heterocycles. The van der Waals surface area contributed by atoms with Gasteiger partial charge in [-0.1, -0.05) is 11.8 Å². The fourth-order valence-corrected chi connectivity index (χ4v) is 2.25. The van der Waals surface area contributed by atoms with E-state index in [1.807, 2.05) is 6.07 Å². The molecule has 2 aliphatic heterocycles. The minimum absolute atomic E-state index is 0.199. The number of hydrogen-bond acceptors (Lipinski definition) is 4. The topological polar surface area (TPSA) is 56.5 Å². The molecule has 4 nitrogen and oxygen atoms in total. The van der Waals surface area contributed by atoms with Gasteiger partial charge in [0.05, 0.1) is 6.54 Å². The number of amides is 1. The highest BCUT2D eigenvalue weighted by Crippen LogP contribution is 2.31. The second-order valence-electron chi connectivity index (χ2n) is 2.77. The monoisotopic (exact) mass is 193 g/mol. The maximum Gasteiger partial charge on any atom is 0.271 e. The molecular formula is C8H7N3OS. The highest BCUT2D eigenvalue weighted by molar-refractivity contribution is 8.17. The fraction of sp³-hybridized carbons (Fsp3) is 0.375. The molecule has 66 valence electrons. The fourth-order valence-electron chi connectivity index (χ4n) is 1.30. The Balaban J connectivity index is 2.44. The van der Waals surface area contributed by atoms with Crippen LogP contribution in [-0.2, 0) is 4.79 Å². The lowest BCUT2D eigenvalue weighted by Gasteiger charge is -2.22. The molecule has 0 aromatic rings. The summed E-state index contributed by atoms with van der Waals surface area (Å²) in [6.45, 7) is 3.04. The van der Waals surface area contributed by atoms with Gasteiger partial charge < -0.3 is 0 Å². The predicted octanol–water partition coefficient (Wildman–Crippen LogP) is 0.729. The lowest BCUT2D eigenvalue weighted by Crippen LogP contribution is -2.36. The molecular weight excluding hydrogens is 186 g/mol. The molecule has 5 heteroatoms. The number of aliphatic imine (C=N–C) groups is 1. The van der Waals surface area contributed by atoms with Crippen LogP contribution in [0.1, 0.15) is 6.92 Å². The van der Waals surface area contributed by atoms with Crippen LogP contribution < -0.4 is 0 Å². The lowest BCUT2D eigenvalue weighted by atomic mass is 10.2. The molecule has 1 amide bonds. The zero-order valence-electron chi connectivity index (χ0n) is 7.07. The summed E-state index contributed by atoms with van der Waals surface area (Å²) in [6, 6.07) is 1.93. The average Bonchev–Trinajstić information content (AvgIpc) is 2.53. The summed E-state index contributed by atoms with van der Waals surface area (Å²) in [5.41, 5.74) is 0.255. The summed E-state index contributed by atoms with van der Waals surface area (Å²) in [7, 11) is 0. The maximum atomic E-state index is 11.6. The summed E-state index contributed by atoms with van der Waals surface area (Å²) in [4.78, 5) is 18.1. The number of nitrogens with zero attached hydrogens (tertiary/aromatic N) is 3. The second kappa shape index (κ2) is 2.89. The number of amidine groups is 1. The number of thioether (sulfide) groups is 1. The zero-order valence-corrected chi connectivity index (χ0v) is 7.89. The standard InChI is InChI=1S/C8H7N3OS/c1-5-6(4-9)7(12)11-3-2-10-8(11)13-5/h2-3H2,1H3. The Kier molecular flexibility index (Phi) is 1.85. The first-order valence-electron chi connectivity index (χ1n) is 3.89. The molecule has 0 bridgehead atoms. The summed E-state index contributed by atoms with van der Waals surface area (Å²) in [6.07, 6.45) is 0. The molecule has 0 saturated carbocycles. The van der Waals surface area contributed by atoms with Gasteiger partial charge in [-0.3, -0.25) is 14.7 Å². The maximum absolute atomic E-state index is 11.6. The van der Waals surface area contributed by atoms with E-state index in [9.17, 15) is 4.79 Å². The van der Waals surface area contributed by atoms with Crippen molar-refractivity contribution in [2.45, 2.75) is 6.92 Å². The molecule has 13 heavy (non-hydrogen) atoms. The van der Waals surface area contributed by atoms with Crippen LogP contribution in [0.5, 0.6) is 0 Å². The number of carbonyl (C=O) groups is 1. The summed E-state index contributed by atoms with van der Waals surface area (Å²) < 4.78 is 0. The van der Waals surface area contributed by atoms with Gasteiger partial charge in [0.15, 0.2) is 5.17 Å². The van der Waals surface area contributed by atoms with E-state index < -0.39 is 0 Å². The van der Waals surface area contributed by atoms with Gasteiger partial charge in [-0.15, -0.1) is 0 Å². The van der Waals surface area contributed by atoms with Crippen molar-refractivity contribution in [2.75, 3.05) is 13.1 Å². The van der Waals surface area contributed by atoms with Crippen molar-refractivity contribution in [1.29, 1.82) is 5.26 Å². The number of fused-ring (bicyclic) bond motifs is 1. The Morgan fingerprint density at radius 3 is 3.15 bits per heavy atom. The van der Waals surface area contributed by atoms with Crippen LogP contribution in [0.15, 0.2) is 15.5 Å². The molecule has 0 saturated heterocycles. The average molecular weight is 193 g/mol. The Morgan fingerprint density at radius 1 is 1.69 bits per heavy atom. The first kappa shape index (κ1) is 8.32. The van der Waals surface area contributed by atoms with Gasteiger partial charge >= 0.3 is 0 Å². The largest absolute Gasteiger partial charge is 0.285 e. The third kappa shape index (κ3) is 1.14. The first-order chi connectivity index (χ1) is 6.24. The van der Waals surface area contributed by atoms with Crippen LogP contribution in [0.3, 0.4) is 0 Å². The van der Waals surface area contributed by atoms with Crippen LogP contribution in [0.2, 0.25) is 0 Å². The van der Waals surface area contributed by atoms with Crippen LogP contribution in [0, 0.1) is 11.3 Å². The highest BCUT2D eigenvalue weighted by atomic mass is 32.2.